The van der Waals surface area contributed by atoms with Gasteiger partial charge in [0.25, 0.3) is 0 Å². The van der Waals surface area contributed by atoms with Crippen LogP contribution in [0.15, 0.2) is 30.3 Å². The topological polar surface area (TPSA) is 12.0 Å². The van der Waals surface area contributed by atoms with E-state index >= 15 is 0 Å². The molecule has 1 aromatic rings. The second-order valence-corrected chi connectivity index (χ2v) is 4.98. The Kier molecular flexibility index (Phi) is 2.49. The van der Waals surface area contributed by atoms with E-state index in [0.717, 1.165) is 17.9 Å². The average molecular weight is 201 g/mol. The van der Waals surface area contributed by atoms with Gasteiger partial charge in [0.2, 0.25) is 0 Å². The van der Waals surface area contributed by atoms with Gasteiger partial charge in [0, 0.05) is 18.5 Å². The summed E-state index contributed by atoms with van der Waals surface area (Å²) >= 11 is 0. The lowest BCUT2D eigenvalue weighted by molar-refractivity contribution is 0.308. The molecule has 2 aliphatic rings. The van der Waals surface area contributed by atoms with Crippen LogP contribution in [0.25, 0.3) is 0 Å². The lowest BCUT2D eigenvalue weighted by atomic mass is 9.77. The summed E-state index contributed by atoms with van der Waals surface area (Å²) in [6.45, 7) is 1.19. The number of hydrogen-bond donors (Lipinski definition) is 1. The molecule has 1 heteroatoms. The van der Waals surface area contributed by atoms with E-state index in [0.29, 0.717) is 0 Å². The van der Waals surface area contributed by atoms with Gasteiger partial charge in [0.05, 0.1) is 0 Å². The molecule has 1 N–H and O–H groups in total. The Morgan fingerprint density at radius 3 is 2.67 bits per heavy atom. The highest BCUT2D eigenvalue weighted by atomic mass is 15.0. The van der Waals surface area contributed by atoms with E-state index in [1.807, 2.05) is 0 Å². The predicted octanol–water partition coefficient (Wildman–Crippen LogP) is 2.93. The van der Waals surface area contributed by atoms with Gasteiger partial charge in [-0.3, -0.25) is 0 Å². The zero-order chi connectivity index (χ0) is 10.1. The van der Waals surface area contributed by atoms with Crippen molar-refractivity contribution >= 4 is 0 Å². The molecule has 1 aromatic carbocycles. The minimum absolute atomic E-state index is 0.775. The Labute approximate surface area is 91.9 Å². The van der Waals surface area contributed by atoms with Gasteiger partial charge in [0.1, 0.15) is 0 Å². The van der Waals surface area contributed by atoms with Crippen LogP contribution in [0.4, 0.5) is 0 Å². The number of hydrogen-bond acceptors (Lipinski definition) is 1. The first kappa shape index (κ1) is 9.41. The van der Waals surface area contributed by atoms with Gasteiger partial charge in [-0.2, -0.15) is 0 Å². The van der Waals surface area contributed by atoms with E-state index in [4.69, 9.17) is 0 Å². The zero-order valence-corrected chi connectivity index (χ0v) is 9.15. The van der Waals surface area contributed by atoms with Crippen LogP contribution >= 0.6 is 0 Å². The van der Waals surface area contributed by atoms with Gasteiger partial charge in [-0.05, 0) is 24.3 Å². The van der Waals surface area contributed by atoms with Crippen molar-refractivity contribution in [2.75, 3.05) is 6.54 Å². The van der Waals surface area contributed by atoms with E-state index < -0.39 is 0 Å². The average Bonchev–Trinajstić information content (AvgIpc) is 2.74. The van der Waals surface area contributed by atoms with Crippen LogP contribution in [0.1, 0.15) is 37.2 Å². The molecule has 15 heavy (non-hydrogen) atoms. The number of nitrogens with one attached hydrogen (secondary N) is 1. The highest BCUT2D eigenvalue weighted by Crippen LogP contribution is 2.39. The van der Waals surface area contributed by atoms with Crippen molar-refractivity contribution in [3.05, 3.63) is 35.9 Å². The smallest absolute Gasteiger partial charge is 0.0102 e. The normalized spacial score (nSPS) is 35.1. The largest absolute Gasteiger partial charge is 0.313 e. The molecule has 3 atom stereocenters. The predicted molar refractivity (Wildman–Crippen MR) is 62.9 cm³/mol. The molecule has 3 rings (SSSR count). The fraction of sp³-hybridized carbons (Fsp3) is 0.571. The second kappa shape index (κ2) is 3.97. The highest BCUT2D eigenvalue weighted by molar-refractivity contribution is 5.23. The SMILES string of the molecule is c1ccc([C@H]2CN[C@@H]3CCCC[C@H]23)cc1. The molecular weight excluding hydrogens is 182 g/mol. The number of fused-ring (bicyclic) bond motifs is 1. The van der Waals surface area contributed by atoms with Crippen molar-refractivity contribution in [2.24, 2.45) is 5.92 Å². The van der Waals surface area contributed by atoms with E-state index in [-0.39, 0.29) is 0 Å². The summed E-state index contributed by atoms with van der Waals surface area (Å²) in [7, 11) is 0. The zero-order valence-electron chi connectivity index (χ0n) is 9.15. The molecule has 80 valence electrons. The maximum atomic E-state index is 3.71. The fourth-order valence-corrected chi connectivity index (χ4v) is 3.39. The molecule has 0 unspecified atom stereocenters. The first-order chi connectivity index (χ1) is 7.45. The van der Waals surface area contributed by atoms with Crippen molar-refractivity contribution < 1.29 is 0 Å². The van der Waals surface area contributed by atoms with Gasteiger partial charge < -0.3 is 5.32 Å². The van der Waals surface area contributed by atoms with Gasteiger partial charge in [0.15, 0.2) is 0 Å². The number of rotatable bonds is 1. The lowest BCUT2D eigenvalue weighted by Gasteiger charge is -2.28. The third kappa shape index (κ3) is 1.69. The molecule has 1 saturated carbocycles. The van der Waals surface area contributed by atoms with Crippen LogP contribution < -0.4 is 5.32 Å². The Hall–Kier alpha value is -0.820. The maximum Gasteiger partial charge on any atom is 0.0102 e. The van der Waals surface area contributed by atoms with Crippen molar-refractivity contribution in [1.29, 1.82) is 0 Å². The van der Waals surface area contributed by atoms with E-state index in [1.54, 1.807) is 5.56 Å². The number of benzene rings is 1. The Morgan fingerprint density at radius 2 is 1.80 bits per heavy atom. The third-order valence-corrected chi connectivity index (χ3v) is 4.16. The highest BCUT2D eigenvalue weighted by Gasteiger charge is 2.37. The van der Waals surface area contributed by atoms with Crippen LogP contribution in [0, 0.1) is 5.92 Å². The van der Waals surface area contributed by atoms with Gasteiger partial charge in [-0.15, -0.1) is 0 Å². The van der Waals surface area contributed by atoms with E-state index in [2.05, 4.69) is 35.6 Å². The van der Waals surface area contributed by atoms with E-state index in [9.17, 15) is 0 Å². The van der Waals surface area contributed by atoms with Crippen molar-refractivity contribution in [3.63, 3.8) is 0 Å². The first-order valence-corrected chi connectivity index (χ1v) is 6.23. The summed E-state index contributed by atoms with van der Waals surface area (Å²) < 4.78 is 0. The standard InChI is InChI=1S/C14H19N/c1-2-6-11(7-3-1)13-10-15-14-9-5-4-8-12(13)14/h1-3,6-7,12-15H,4-5,8-10H2/t12-,13-,14-/m1/s1. The lowest BCUT2D eigenvalue weighted by Crippen LogP contribution is -2.29. The summed E-state index contributed by atoms with van der Waals surface area (Å²) in [5, 5.41) is 3.71. The Morgan fingerprint density at radius 1 is 1.00 bits per heavy atom. The quantitative estimate of drug-likeness (QED) is 0.736. The molecule has 0 radical (unpaired) electrons. The summed E-state index contributed by atoms with van der Waals surface area (Å²) in [4.78, 5) is 0. The fourth-order valence-electron chi connectivity index (χ4n) is 3.39. The van der Waals surface area contributed by atoms with E-state index in [1.165, 1.54) is 32.2 Å². The van der Waals surface area contributed by atoms with Crippen molar-refractivity contribution in [1.82, 2.24) is 5.32 Å². The molecule has 1 nitrogen and oxygen atoms in total. The van der Waals surface area contributed by atoms with Crippen molar-refractivity contribution in [2.45, 2.75) is 37.6 Å². The third-order valence-electron chi connectivity index (χ3n) is 4.16. The molecule has 0 bridgehead atoms. The second-order valence-electron chi connectivity index (χ2n) is 4.98. The summed E-state index contributed by atoms with van der Waals surface area (Å²) in [6.07, 6.45) is 5.69. The summed E-state index contributed by atoms with van der Waals surface area (Å²) in [5.41, 5.74) is 1.54. The molecular formula is C14H19N. The molecule has 1 aliphatic carbocycles. The minimum Gasteiger partial charge on any atom is -0.313 e. The molecule has 1 saturated heterocycles. The maximum absolute atomic E-state index is 3.71. The molecule has 0 amide bonds. The first-order valence-electron chi connectivity index (χ1n) is 6.23. The van der Waals surface area contributed by atoms with Gasteiger partial charge >= 0.3 is 0 Å². The van der Waals surface area contributed by atoms with Gasteiger partial charge in [-0.25, -0.2) is 0 Å². The van der Waals surface area contributed by atoms with Crippen molar-refractivity contribution in [3.8, 4) is 0 Å². The van der Waals surface area contributed by atoms with Crippen LogP contribution in [0.2, 0.25) is 0 Å². The monoisotopic (exact) mass is 201 g/mol. The Balaban J connectivity index is 1.82. The van der Waals surface area contributed by atoms with Crippen LogP contribution in [-0.4, -0.2) is 12.6 Å². The molecule has 1 aliphatic heterocycles. The Bertz CT molecular complexity index is 319. The molecule has 2 fully saturated rings. The summed E-state index contributed by atoms with van der Waals surface area (Å²) in [6, 6.07) is 11.9. The minimum atomic E-state index is 0.775. The summed E-state index contributed by atoms with van der Waals surface area (Å²) in [5.74, 6) is 1.68. The van der Waals surface area contributed by atoms with Crippen LogP contribution in [0.3, 0.4) is 0 Å². The van der Waals surface area contributed by atoms with Gasteiger partial charge in [-0.1, -0.05) is 43.2 Å². The van der Waals surface area contributed by atoms with Crippen LogP contribution in [-0.2, 0) is 0 Å². The molecule has 1 heterocycles. The molecule has 0 spiro atoms. The van der Waals surface area contributed by atoms with Crippen LogP contribution in [0.5, 0.6) is 0 Å². The molecule has 0 aromatic heterocycles.